The number of carboxylic acids is 1. The van der Waals surface area contributed by atoms with E-state index in [9.17, 15) is 14.7 Å². The number of halogens is 1. The number of hydrogen-bond acceptors (Lipinski definition) is 3. The molecule has 1 aromatic rings. The maximum Gasteiger partial charge on any atom is 0.331 e. The zero-order chi connectivity index (χ0) is 14.0. The number of amides is 1. The number of aliphatic carboxylic acids is 1. The summed E-state index contributed by atoms with van der Waals surface area (Å²) in [7, 11) is 0. The Balaban J connectivity index is 2.25. The third-order valence-electron chi connectivity index (χ3n) is 3.23. The van der Waals surface area contributed by atoms with Crippen LogP contribution in [0.3, 0.4) is 0 Å². The van der Waals surface area contributed by atoms with Crippen LogP contribution in [-0.2, 0) is 9.53 Å². The van der Waals surface area contributed by atoms with Crippen LogP contribution < -0.4 is 5.32 Å². The van der Waals surface area contributed by atoms with Crippen molar-refractivity contribution in [2.75, 3.05) is 13.2 Å². The van der Waals surface area contributed by atoms with Crippen LogP contribution in [0.15, 0.2) is 22.7 Å². The number of ether oxygens (including phenoxy) is 1. The minimum atomic E-state index is -1.31. The van der Waals surface area contributed by atoms with Gasteiger partial charge in [0.25, 0.3) is 5.91 Å². The Morgan fingerprint density at radius 3 is 2.79 bits per heavy atom. The molecular weight excluding hydrogens is 314 g/mol. The number of carboxylic acid groups (broad SMARTS) is 1. The molecule has 1 aromatic carbocycles. The maximum absolute atomic E-state index is 12.2. The third-order valence-corrected chi connectivity index (χ3v) is 3.72. The number of carbonyl (C=O) groups is 2. The van der Waals surface area contributed by atoms with Crippen molar-refractivity contribution in [3.05, 3.63) is 33.8 Å². The van der Waals surface area contributed by atoms with Gasteiger partial charge in [0.2, 0.25) is 0 Å². The predicted molar refractivity (Wildman–Crippen MR) is 72.1 cm³/mol. The zero-order valence-corrected chi connectivity index (χ0v) is 12.0. The minimum Gasteiger partial charge on any atom is -0.479 e. The molecule has 1 saturated heterocycles. The fourth-order valence-electron chi connectivity index (χ4n) is 2.01. The Bertz CT molecular complexity index is 523. The number of aryl methyl sites for hydroxylation is 1. The summed E-state index contributed by atoms with van der Waals surface area (Å²) in [5.41, 5.74) is -0.0617. The second-order valence-electron chi connectivity index (χ2n) is 4.60. The van der Waals surface area contributed by atoms with E-state index in [-0.39, 0.29) is 13.0 Å². The topological polar surface area (TPSA) is 75.6 Å². The van der Waals surface area contributed by atoms with Gasteiger partial charge in [-0.05, 0) is 24.6 Å². The van der Waals surface area contributed by atoms with Gasteiger partial charge in [0.15, 0.2) is 5.54 Å². The molecule has 1 heterocycles. The van der Waals surface area contributed by atoms with Crippen molar-refractivity contribution >= 4 is 27.8 Å². The molecule has 102 valence electrons. The molecule has 1 fully saturated rings. The van der Waals surface area contributed by atoms with Crippen LogP contribution >= 0.6 is 15.9 Å². The molecule has 1 aliphatic heterocycles. The van der Waals surface area contributed by atoms with Gasteiger partial charge in [0.1, 0.15) is 0 Å². The summed E-state index contributed by atoms with van der Waals surface area (Å²) in [6, 6.07) is 5.31. The normalized spacial score (nSPS) is 22.2. The lowest BCUT2D eigenvalue weighted by Crippen LogP contribution is -2.55. The first-order valence-corrected chi connectivity index (χ1v) is 6.64. The Morgan fingerprint density at radius 2 is 2.21 bits per heavy atom. The molecule has 1 unspecified atom stereocenters. The molecule has 1 atom stereocenters. The highest BCUT2D eigenvalue weighted by Gasteiger charge is 2.44. The van der Waals surface area contributed by atoms with Crippen LogP contribution in [0, 0.1) is 6.92 Å². The maximum atomic E-state index is 12.2. The van der Waals surface area contributed by atoms with E-state index in [4.69, 9.17) is 4.74 Å². The number of hydrogen-bond donors (Lipinski definition) is 2. The monoisotopic (exact) mass is 327 g/mol. The quantitative estimate of drug-likeness (QED) is 0.886. The van der Waals surface area contributed by atoms with Gasteiger partial charge in [-0.2, -0.15) is 0 Å². The first-order chi connectivity index (χ1) is 8.94. The highest BCUT2D eigenvalue weighted by Crippen LogP contribution is 2.21. The molecule has 6 heteroatoms. The van der Waals surface area contributed by atoms with E-state index in [0.29, 0.717) is 12.2 Å². The Hall–Kier alpha value is -1.40. The molecule has 0 aromatic heterocycles. The van der Waals surface area contributed by atoms with Crippen LogP contribution in [0.4, 0.5) is 0 Å². The zero-order valence-electron chi connectivity index (χ0n) is 10.4. The van der Waals surface area contributed by atoms with Gasteiger partial charge in [0, 0.05) is 23.1 Å². The standard InChI is InChI=1S/C13H14BrNO4/c1-8-2-3-9(14)6-10(8)11(16)15-13(12(17)18)4-5-19-7-13/h2-3,6H,4-5,7H2,1H3,(H,15,16)(H,17,18). The van der Waals surface area contributed by atoms with Gasteiger partial charge in [-0.15, -0.1) is 0 Å². The second kappa shape index (κ2) is 5.30. The molecule has 0 saturated carbocycles. The van der Waals surface area contributed by atoms with Crippen LogP contribution in [0.1, 0.15) is 22.3 Å². The summed E-state index contributed by atoms with van der Waals surface area (Å²) < 4.78 is 5.88. The molecule has 1 aliphatic rings. The van der Waals surface area contributed by atoms with Crippen molar-refractivity contribution in [2.45, 2.75) is 18.9 Å². The molecule has 5 nitrogen and oxygen atoms in total. The summed E-state index contributed by atoms with van der Waals surface area (Å²) in [5.74, 6) is -1.46. The van der Waals surface area contributed by atoms with Crippen molar-refractivity contribution in [3.63, 3.8) is 0 Å². The van der Waals surface area contributed by atoms with Crippen LogP contribution in [0.2, 0.25) is 0 Å². The van der Waals surface area contributed by atoms with Gasteiger partial charge >= 0.3 is 5.97 Å². The minimum absolute atomic E-state index is 0.00112. The Morgan fingerprint density at radius 1 is 1.47 bits per heavy atom. The summed E-state index contributed by atoms with van der Waals surface area (Å²) in [6.45, 7) is 2.14. The van der Waals surface area contributed by atoms with Gasteiger partial charge in [-0.25, -0.2) is 4.79 Å². The first kappa shape index (κ1) is 14.0. The first-order valence-electron chi connectivity index (χ1n) is 5.84. The van der Waals surface area contributed by atoms with E-state index in [1.54, 1.807) is 19.1 Å². The van der Waals surface area contributed by atoms with Crippen molar-refractivity contribution in [1.29, 1.82) is 0 Å². The van der Waals surface area contributed by atoms with E-state index in [1.807, 2.05) is 6.07 Å². The fourth-order valence-corrected chi connectivity index (χ4v) is 2.37. The van der Waals surface area contributed by atoms with E-state index in [0.717, 1.165) is 10.0 Å². The van der Waals surface area contributed by atoms with Crippen LogP contribution in [0.25, 0.3) is 0 Å². The summed E-state index contributed by atoms with van der Waals surface area (Å²) in [4.78, 5) is 23.6. The number of benzene rings is 1. The van der Waals surface area contributed by atoms with Crippen molar-refractivity contribution < 1.29 is 19.4 Å². The van der Waals surface area contributed by atoms with E-state index >= 15 is 0 Å². The van der Waals surface area contributed by atoms with E-state index in [1.165, 1.54) is 0 Å². The summed E-state index contributed by atoms with van der Waals surface area (Å²) in [6.07, 6.45) is 0.279. The average Bonchev–Trinajstić information content (AvgIpc) is 2.82. The lowest BCUT2D eigenvalue weighted by molar-refractivity contribution is -0.144. The molecule has 0 spiro atoms. The fraction of sp³-hybridized carbons (Fsp3) is 0.385. The van der Waals surface area contributed by atoms with Crippen LogP contribution in [0.5, 0.6) is 0 Å². The predicted octanol–water partition coefficient (Wildman–Crippen LogP) is 1.73. The molecule has 0 aliphatic carbocycles. The van der Waals surface area contributed by atoms with Gasteiger partial charge < -0.3 is 15.2 Å². The largest absolute Gasteiger partial charge is 0.479 e. The van der Waals surface area contributed by atoms with Crippen molar-refractivity contribution in [1.82, 2.24) is 5.32 Å². The lowest BCUT2D eigenvalue weighted by Gasteiger charge is -2.24. The highest BCUT2D eigenvalue weighted by atomic mass is 79.9. The molecular formula is C13H14BrNO4. The van der Waals surface area contributed by atoms with Crippen molar-refractivity contribution in [2.24, 2.45) is 0 Å². The third kappa shape index (κ3) is 2.79. The van der Waals surface area contributed by atoms with Gasteiger partial charge in [-0.1, -0.05) is 22.0 Å². The van der Waals surface area contributed by atoms with E-state index < -0.39 is 17.4 Å². The second-order valence-corrected chi connectivity index (χ2v) is 5.52. The molecule has 19 heavy (non-hydrogen) atoms. The Labute approximate surface area is 119 Å². The molecule has 2 rings (SSSR count). The highest BCUT2D eigenvalue weighted by molar-refractivity contribution is 9.10. The van der Waals surface area contributed by atoms with Crippen LogP contribution in [-0.4, -0.2) is 35.7 Å². The smallest absolute Gasteiger partial charge is 0.331 e. The van der Waals surface area contributed by atoms with Gasteiger partial charge in [0.05, 0.1) is 6.61 Å². The number of carbonyl (C=O) groups excluding carboxylic acids is 1. The van der Waals surface area contributed by atoms with Gasteiger partial charge in [-0.3, -0.25) is 4.79 Å². The lowest BCUT2D eigenvalue weighted by atomic mass is 9.97. The summed E-state index contributed by atoms with van der Waals surface area (Å²) >= 11 is 3.30. The molecule has 0 radical (unpaired) electrons. The molecule has 2 N–H and O–H groups in total. The molecule has 0 bridgehead atoms. The number of rotatable bonds is 3. The average molecular weight is 328 g/mol. The number of nitrogens with one attached hydrogen (secondary N) is 1. The SMILES string of the molecule is Cc1ccc(Br)cc1C(=O)NC1(C(=O)O)CCOC1. The molecule has 1 amide bonds. The van der Waals surface area contributed by atoms with E-state index in [2.05, 4.69) is 21.2 Å². The summed E-state index contributed by atoms with van der Waals surface area (Å²) in [5, 5.41) is 11.9. The van der Waals surface area contributed by atoms with Crippen molar-refractivity contribution in [3.8, 4) is 0 Å². The Kier molecular flexibility index (Phi) is 3.91.